The van der Waals surface area contributed by atoms with E-state index in [1.54, 1.807) is 6.07 Å². The monoisotopic (exact) mass is 431 g/mol. The first-order valence-electron chi connectivity index (χ1n) is 7.22. The number of benzene rings is 1. The fraction of sp³-hybridized carbons (Fsp3) is 0.222. The number of rotatable bonds is 2. The molecule has 0 saturated carbocycles. The van der Waals surface area contributed by atoms with Crippen LogP contribution in [0.25, 0.3) is 22.3 Å². The Morgan fingerprint density at radius 1 is 1.28 bits per heavy atom. The molecule has 129 valence electrons. The van der Waals surface area contributed by atoms with Gasteiger partial charge in [-0.05, 0) is 18.1 Å². The summed E-state index contributed by atoms with van der Waals surface area (Å²) < 4.78 is 9.49. The number of fused-ring (bicyclic) bond motifs is 1. The number of hydrogen-bond donors (Lipinski definition) is 1. The Bertz CT molecular complexity index is 942. The molecule has 1 N–H and O–H groups in total. The van der Waals surface area contributed by atoms with Gasteiger partial charge >= 0.3 is 0 Å². The summed E-state index contributed by atoms with van der Waals surface area (Å²) in [5.74, 6) is 2.29. The maximum atomic E-state index is 12.7. The third-order valence-electron chi connectivity index (χ3n) is 3.31. The van der Waals surface area contributed by atoms with Gasteiger partial charge in [-0.3, -0.25) is 9.36 Å². The van der Waals surface area contributed by atoms with Crippen LogP contribution in [0.3, 0.4) is 0 Å². The molecule has 1 radical (unpaired) electrons. The predicted octanol–water partition coefficient (Wildman–Crippen LogP) is 3.64. The molecule has 25 heavy (non-hydrogen) atoms. The van der Waals surface area contributed by atoms with Crippen LogP contribution in [0, 0.1) is 26.7 Å². The van der Waals surface area contributed by atoms with Gasteiger partial charge in [0.1, 0.15) is 0 Å². The summed E-state index contributed by atoms with van der Waals surface area (Å²) in [5.41, 5.74) is 2.02. The maximum absolute atomic E-state index is 12.7. The van der Waals surface area contributed by atoms with Crippen molar-refractivity contribution in [1.29, 1.82) is 0 Å². The van der Waals surface area contributed by atoms with Gasteiger partial charge in [-0.15, -0.1) is 6.42 Å². The quantitative estimate of drug-likeness (QED) is 0.497. The fourth-order valence-electron chi connectivity index (χ4n) is 2.30. The summed E-state index contributed by atoms with van der Waals surface area (Å²) in [5, 5.41) is 10.4. The van der Waals surface area contributed by atoms with E-state index >= 15 is 0 Å². The molecule has 1 aromatic carbocycles. The van der Waals surface area contributed by atoms with Crippen LogP contribution < -0.4 is 5.56 Å². The van der Waals surface area contributed by atoms with Crippen LogP contribution in [0.1, 0.15) is 19.4 Å². The molecular formula is C18H20N3O2SY-. The number of aromatic nitrogens is 3. The Balaban J connectivity index is 0.00000139. The summed E-state index contributed by atoms with van der Waals surface area (Å²) in [4.78, 5) is 12.7. The number of aryl methyl sites for hydroxylation is 1. The SMILES string of the molecule is C#CCn1c(=O)c(-c2ccccc2C)c(O)c2nsnc21.CC.[CH3-].[Y]. The third-order valence-corrected chi connectivity index (χ3v) is 3.83. The zero-order valence-electron chi connectivity index (χ0n) is 14.8. The molecule has 0 fully saturated rings. The normalized spacial score (nSPS) is 9.20. The van der Waals surface area contributed by atoms with Crippen molar-refractivity contribution in [3.05, 3.63) is 47.6 Å². The first-order valence-corrected chi connectivity index (χ1v) is 7.95. The van der Waals surface area contributed by atoms with E-state index in [0.29, 0.717) is 16.7 Å². The molecular weight excluding hydrogens is 411 g/mol. The van der Waals surface area contributed by atoms with E-state index < -0.39 is 0 Å². The van der Waals surface area contributed by atoms with Crippen LogP contribution in [0.5, 0.6) is 5.75 Å². The molecule has 0 unspecified atom stereocenters. The zero-order chi connectivity index (χ0) is 17.0. The van der Waals surface area contributed by atoms with E-state index in [1.807, 2.05) is 39.0 Å². The summed E-state index contributed by atoms with van der Waals surface area (Å²) in [6.45, 7) is 5.96. The molecule has 0 bridgehead atoms. The molecule has 0 spiro atoms. The molecule has 2 aromatic heterocycles. The molecule has 3 rings (SSSR count). The first kappa shape index (κ1) is 23.5. The summed E-state index contributed by atoms with van der Waals surface area (Å²) >= 11 is 0.936. The first-order chi connectivity index (χ1) is 11.1. The molecule has 0 saturated heterocycles. The summed E-state index contributed by atoms with van der Waals surface area (Å²) in [6, 6.07) is 7.36. The van der Waals surface area contributed by atoms with E-state index in [2.05, 4.69) is 14.7 Å². The molecule has 0 aliphatic rings. The van der Waals surface area contributed by atoms with Crippen molar-refractivity contribution in [2.75, 3.05) is 0 Å². The Morgan fingerprint density at radius 3 is 2.52 bits per heavy atom. The van der Waals surface area contributed by atoms with Crippen LogP contribution in [0.2, 0.25) is 0 Å². The number of aromatic hydroxyl groups is 1. The summed E-state index contributed by atoms with van der Waals surface area (Å²) in [7, 11) is 0. The van der Waals surface area contributed by atoms with Gasteiger partial charge in [-0.1, -0.05) is 44.0 Å². The van der Waals surface area contributed by atoms with Gasteiger partial charge in [0.05, 0.1) is 23.8 Å². The third kappa shape index (κ3) is 4.35. The fourth-order valence-corrected chi connectivity index (χ4v) is 2.85. The van der Waals surface area contributed by atoms with Crippen molar-refractivity contribution >= 4 is 22.9 Å². The van der Waals surface area contributed by atoms with Crippen molar-refractivity contribution in [3.8, 4) is 29.2 Å². The van der Waals surface area contributed by atoms with Crippen LogP contribution >= 0.6 is 11.7 Å². The van der Waals surface area contributed by atoms with Gasteiger partial charge in [-0.2, -0.15) is 8.75 Å². The molecule has 7 heteroatoms. The Labute approximate surface area is 177 Å². The van der Waals surface area contributed by atoms with E-state index in [4.69, 9.17) is 6.42 Å². The Morgan fingerprint density at radius 2 is 1.92 bits per heavy atom. The molecule has 5 nitrogen and oxygen atoms in total. The van der Waals surface area contributed by atoms with Crippen LogP contribution in [0.4, 0.5) is 0 Å². The Hall–Kier alpha value is -1.55. The number of pyridine rings is 1. The zero-order valence-corrected chi connectivity index (χ0v) is 18.4. The molecule has 2 heterocycles. The molecule has 0 atom stereocenters. The van der Waals surface area contributed by atoms with E-state index in [-0.39, 0.29) is 63.6 Å². The average Bonchev–Trinajstić information content (AvgIpc) is 3.05. The van der Waals surface area contributed by atoms with E-state index in [1.165, 1.54) is 4.57 Å². The average molecular weight is 431 g/mol. The maximum Gasteiger partial charge on any atom is 0.264 e. The van der Waals surface area contributed by atoms with Crippen molar-refractivity contribution < 1.29 is 37.8 Å². The second-order valence-corrected chi connectivity index (χ2v) is 5.10. The van der Waals surface area contributed by atoms with E-state index in [0.717, 1.165) is 17.3 Å². The number of hydrogen-bond acceptors (Lipinski definition) is 5. The standard InChI is InChI=1S/C15H11N3O2S.C2H6.CH3.Y/c1-3-8-18-14-12(16-21-17-14)13(19)11(15(18)20)10-7-5-4-6-9(10)2;1-2;;/h1,4-7,19H,8H2,2H3;1-2H3;1H3;/q;;-1;. The minimum Gasteiger partial charge on any atom is -0.505 e. The summed E-state index contributed by atoms with van der Waals surface area (Å²) in [6.07, 6.45) is 5.33. The molecule has 0 aliphatic heterocycles. The minimum absolute atomic E-state index is 0. The second-order valence-electron chi connectivity index (χ2n) is 4.57. The topological polar surface area (TPSA) is 68.0 Å². The van der Waals surface area contributed by atoms with Crippen molar-refractivity contribution in [2.45, 2.75) is 27.3 Å². The van der Waals surface area contributed by atoms with Crippen LogP contribution in [-0.4, -0.2) is 18.4 Å². The predicted molar refractivity (Wildman–Crippen MR) is 100 cm³/mol. The van der Waals surface area contributed by atoms with Gasteiger partial charge < -0.3 is 12.5 Å². The largest absolute Gasteiger partial charge is 0.505 e. The van der Waals surface area contributed by atoms with Gasteiger partial charge in [-0.25, -0.2) is 0 Å². The number of nitrogens with zero attached hydrogens (tertiary/aromatic N) is 3. The van der Waals surface area contributed by atoms with E-state index in [9.17, 15) is 9.90 Å². The van der Waals surface area contributed by atoms with Crippen molar-refractivity contribution in [3.63, 3.8) is 0 Å². The van der Waals surface area contributed by atoms with Gasteiger partial charge in [0.15, 0.2) is 16.9 Å². The van der Waals surface area contributed by atoms with Gasteiger partial charge in [0, 0.05) is 32.7 Å². The molecule has 0 aliphatic carbocycles. The van der Waals surface area contributed by atoms with Crippen molar-refractivity contribution in [1.82, 2.24) is 13.3 Å². The minimum atomic E-state index is -0.361. The Kier molecular flexibility index (Phi) is 9.80. The van der Waals surface area contributed by atoms with Gasteiger partial charge in [0.2, 0.25) is 0 Å². The van der Waals surface area contributed by atoms with Crippen molar-refractivity contribution in [2.24, 2.45) is 0 Å². The molecule has 3 aromatic rings. The van der Waals surface area contributed by atoms with Crippen LogP contribution in [-0.2, 0) is 39.3 Å². The van der Waals surface area contributed by atoms with Crippen LogP contribution in [0.15, 0.2) is 29.1 Å². The second kappa shape index (κ2) is 10.4. The smallest absolute Gasteiger partial charge is 0.264 e. The number of terminal acetylenes is 1. The molecule has 0 amide bonds. The van der Waals surface area contributed by atoms with Gasteiger partial charge in [0.25, 0.3) is 5.56 Å².